The summed E-state index contributed by atoms with van der Waals surface area (Å²) in [5, 5.41) is 0. The SMILES string of the molecule is COC(=O)CC1CCN1C(=O)OC(C)(C)C. The fourth-order valence-electron chi connectivity index (χ4n) is 1.49. The average molecular weight is 229 g/mol. The van der Waals surface area contributed by atoms with E-state index in [-0.39, 0.29) is 24.5 Å². The van der Waals surface area contributed by atoms with Crippen LogP contribution >= 0.6 is 0 Å². The second-order valence-electron chi connectivity index (χ2n) is 4.90. The number of carbonyl (C=O) groups excluding carboxylic acids is 2. The summed E-state index contributed by atoms with van der Waals surface area (Å²) < 4.78 is 9.79. The highest BCUT2D eigenvalue weighted by molar-refractivity contribution is 5.73. The molecule has 1 amide bonds. The van der Waals surface area contributed by atoms with Gasteiger partial charge in [0, 0.05) is 12.6 Å². The zero-order valence-electron chi connectivity index (χ0n) is 10.3. The Kier molecular flexibility index (Phi) is 3.78. The summed E-state index contributed by atoms with van der Waals surface area (Å²) in [6.45, 7) is 6.11. The second kappa shape index (κ2) is 4.72. The summed E-state index contributed by atoms with van der Waals surface area (Å²) in [4.78, 5) is 24.3. The Balaban J connectivity index is 2.43. The van der Waals surface area contributed by atoms with E-state index in [1.807, 2.05) is 20.8 Å². The lowest BCUT2D eigenvalue weighted by Crippen LogP contribution is -2.53. The van der Waals surface area contributed by atoms with Gasteiger partial charge in [0.15, 0.2) is 0 Å². The van der Waals surface area contributed by atoms with E-state index in [1.54, 1.807) is 4.90 Å². The van der Waals surface area contributed by atoms with Gasteiger partial charge in [-0.2, -0.15) is 0 Å². The van der Waals surface area contributed by atoms with Gasteiger partial charge < -0.3 is 14.4 Å². The van der Waals surface area contributed by atoms with Gasteiger partial charge in [0.1, 0.15) is 5.60 Å². The van der Waals surface area contributed by atoms with Gasteiger partial charge in [0.25, 0.3) is 0 Å². The Morgan fingerprint density at radius 3 is 2.38 bits per heavy atom. The van der Waals surface area contributed by atoms with E-state index in [4.69, 9.17) is 4.74 Å². The summed E-state index contributed by atoms with van der Waals surface area (Å²) >= 11 is 0. The van der Waals surface area contributed by atoms with Gasteiger partial charge in [-0.25, -0.2) is 4.79 Å². The van der Waals surface area contributed by atoms with Crippen molar-refractivity contribution in [3.05, 3.63) is 0 Å². The number of hydrogen-bond donors (Lipinski definition) is 0. The minimum Gasteiger partial charge on any atom is -0.469 e. The maximum absolute atomic E-state index is 11.7. The molecule has 0 saturated carbocycles. The van der Waals surface area contributed by atoms with Crippen molar-refractivity contribution in [1.29, 1.82) is 0 Å². The molecule has 0 bridgehead atoms. The number of hydrogen-bond acceptors (Lipinski definition) is 4. The van der Waals surface area contributed by atoms with Gasteiger partial charge in [-0.05, 0) is 27.2 Å². The van der Waals surface area contributed by atoms with Crippen molar-refractivity contribution in [1.82, 2.24) is 4.90 Å². The number of likely N-dealkylation sites (tertiary alicyclic amines) is 1. The Labute approximate surface area is 95.7 Å². The van der Waals surface area contributed by atoms with Crippen molar-refractivity contribution in [2.24, 2.45) is 0 Å². The molecule has 1 heterocycles. The molecule has 1 aliphatic rings. The van der Waals surface area contributed by atoms with E-state index in [0.717, 1.165) is 6.42 Å². The zero-order valence-corrected chi connectivity index (χ0v) is 10.3. The van der Waals surface area contributed by atoms with E-state index in [1.165, 1.54) is 7.11 Å². The van der Waals surface area contributed by atoms with Gasteiger partial charge in [-0.3, -0.25) is 4.79 Å². The van der Waals surface area contributed by atoms with Crippen LogP contribution in [0.1, 0.15) is 33.6 Å². The molecule has 16 heavy (non-hydrogen) atoms. The minimum atomic E-state index is -0.498. The summed E-state index contributed by atoms with van der Waals surface area (Å²) in [6, 6.07) is -0.0673. The van der Waals surface area contributed by atoms with Crippen LogP contribution in [-0.2, 0) is 14.3 Å². The fourth-order valence-corrected chi connectivity index (χ4v) is 1.49. The van der Waals surface area contributed by atoms with Gasteiger partial charge in [-0.15, -0.1) is 0 Å². The van der Waals surface area contributed by atoms with Crippen LogP contribution < -0.4 is 0 Å². The summed E-state index contributed by atoms with van der Waals surface area (Å²) in [6.07, 6.45) is 0.719. The standard InChI is InChI=1S/C11H19NO4/c1-11(2,3)16-10(14)12-6-5-8(12)7-9(13)15-4/h8H,5-7H2,1-4H3. The van der Waals surface area contributed by atoms with E-state index >= 15 is 0 Å². The van der Waals surface area contributed by atoms with Crippen LogP contribution in [0.3, 0.4) is 0 Å². The highest BCUT2D eigenvalue weighted by Crippen LogP contribution is 2.23. The zero-order chi connectivity index (χ0) is 12.3. The lowest BCUT2D eigenvalue weighted by molar-refractivity contribution is -0.143. The molecule has 0 aromatic rings. The number of esters is 1. The van der Waals surface area contributed by atoms with Crippen LogP contribution in [-0.4, -0.2) is 42.3 Å². The highest BCUT2D eigenvalue weighted by Gasteiger charge is 2.36. The molecular formula is C11H19NO4. The Morgan fingerprint density at radius 2 is 2.00 bits per heavy atom. The Hall–Kier alpha value is -1.26. The molecule has 0 radical (unpaired) electrons. The predicted molar refractivity (Wildman–Crippen MR) is 58.0 cm³/mol. The first kappa shape index (κ1) is 12.8. The van der Waals surface area contributed by atoms with Gasteiger partial charge in [-0.1, -0.05) is 0 Å². The maximum atomic E-state index is 11.7. The average Bonchev–Trinajstić information content (AvgIpc) is 2.08. The molecule has 5 nitrogen and oxygen atoms in total. The molecule has 92 valence electrons. The molecule has 1 rings (SSSR count). The predicted octanol–water partition coefficient (Wildman–Crippen LogP) is 1.56. The normalized spacial score (nSPS) is 20.0. The molecule has 0 aromatic carbocycles. The Bertz CT molecular complexity index is 282. The van der Waals surface area contributed by atoms with Crippen molar-refractivity contribution in [3.63, 3.8) is 0 Å². The number of rotatable bonds is 2. The van der Waals surface area contributed by atoms with Gasteiger partial charge in [0.05, 0.1) is 13.5 Å². The van der Waals surface area contributed by atoms with Crippen molar-refractivity contribution >= 4 is 12.1 Å². The van der Waals surface area contributed by atoms with Crippen LogP contribution in [0.2, 0.25) is 0 Å². The fraction of sp³-hybridized carbons (Fsp3) is 0.818. The third kappa shape index (κ3) is 3.40. The number of amides is 1. The minimum absolute atomic E-state index is 0.0673. The molecule has 0 aromatic heterocycles. The van der Waals surface area contributed by atoms with Gasteiger partial charge in [0.2, 0.25) is 0 Å². The monoisotopic (exact) mass is 229 g/mol. The molecule has 5 heteroatoms. The first-order valence-electron chi connectivity index (χ1n) is 5.40. The van der Waals surface area contributed by atoms with Crippen LogP contribution in [0.25, 0.3) is 0 Å². The topological polar surface area (TPSA) is 55.8 Å². The van der Waals surface area contributed by atoms with Crippen molar-refractivity contribution in [2.75, 3.05) is 13.7 Å². The number of nitrogens with zero attached hydrogens (tertiary/aromatic N) is 1. The molecule has 0 aliphatic carbocycles. The maximum Gasteiger partial charge on any atom is 0.410 e. The third-order valence-electron chi connectivity index (χ3n) is 2.40. The molecule has 1 aliphatic heterocycles. The summed E-state index contributed by atoms with van der Waals surface area (Å²) in [5.41, 5.74) is -0.498. The Morgan fingerprint density at radius 1 is 1.38 bits per heavy atom. The number of ether oxygens (including phenoxy) is 2. The van der Waals surface area contributed by atoms with Crippen molar-refractivity contribution < 1.29 is 19.1 Å². The summed E-state index contributed by atoms with van der Waals surface area (Å²) in [7, 11) is 1.35. The van der Waals surface area contributed by atoms with E-state index < -0.39 is 5.60 Å². The number of methoxy groups -OCH3 is 1. The molecule has 0 N–H and O–H groups in total. The largest absolute Gasteiger partial charge is 0.469 e. The third-order valence-corrected chi connectivity index (χ3v) is 2.40. The van der Waals surface area contributed by atoms with Crippen LogP contribution in [0, 0.1) is 0 Å². The van der Waals surface area contributed by atoms with E-state index in [9.17, 15) is 9.59 Å². The first-order valence-corrected chi connectivity index (χ1v) is 5.40. The smallest absolute Gasteiger partial charge is 0.410 e. The quantitative estimate of drug-likeness (QED) is 0.674. The highest BCUT2D eigenvalue weighted by atomic mass is 16.6. The first-order chi connectivity index (χ1) is 7.33. The number of carbonyl (C=O) groups is 2. The van der Waals surface area contributed by atoms with Crippen LogP contribution in [0.4, 0.5) is 4.79 Å². The van der Waals surface area contributed by atoms with E-state index in [2.05, 4.69) is 4.74 Å². The lowest BCUT2D eigenvalue weighted by atomic mass is 10.0. The van der Waals surface area contributed by atoms with E-state index in [0.29, 0.717) is 6.54 Å². The van der Waals surface area contributed by atoms with Crippen molar-refractivity contribution in [3.8, 4) is 0 Å². The lowest BCUT2D eigenvalue weighted by Gasteiger charge is -2.40. The second-order valence-corrected chi connectivity index (χ2v) is 4.90. The van der Waals surface area contributed by atoms with Crippen LogP contribution in [0.5, 0.6) is 0 Å². The molecular weight excluding hydrogens is 210 g/mol. The molecule has 1 atom stereocenters. The molecule has 1 fully saturated rings. The molecule has 1 unspecified atom stereocenters. The summed E-state index contributed by atoms with van der Waals surface area (Å²) in [5.74, 6) is -0.293. The van der Waals surface area contributed by atoms with Crippen molar-refractivity contribution in [2.45, 2.75) is 45.3 Å². The molecule has 0 spiro atoms. The van der Waals surface area contributed by atoms with Gasteiger partial charge >= 0.3 is 12.1 Å². The molecule has 1 saturated heterocycles. The van der Waals surface area contributed by atoms with Crippen LogP contribution in [0.15, 0.2) is 0 Å².